The van der Waals surface area contributed by atoms with Crippen LogP contribution in [0.25, 0.3) is 0 Å². The Bertz CT molecular complexity index is 329. The van der Waals surface area contributed by atoms with E-state index in [0.29, 0.717) is 11.3 Å². The van der Waals surface area contributed by atoms with Crippen LogP contribution in [0.4, 0.5) is 0 Å². The molecule has 1 rings (SSSR count). The van der Waals surface area contributed by atoms with Crippen molar-refractivity contribution in [2.45, 2.75) is 12.2 Å². The Kier molecular flexibility index (Phi) is 4.38. The first kappa shape index (κ1) is 12.3. The van der Waals surface area contributed by atoms with Crippen molar-refractivity contribution in [2.24, 2.45) is 0 Å². The maximum atomic E-state index is 9.75. The van der Waals surface area contributed by atoms with E-state index in [-0.39, 0.29) is 11.1 Å². The predicted molar refractivity (Wildman–Crippen MR) is 59.4 cm³/mol. The second kappa shape index (κ2) is 5.34. The SMILES string of the molecule is COc1cc(O)ccc1C(O)C(O)CBr. The minimum absolute atomic E-state index is 0.0520. The van der Waals surface area contributed by atoms with Crippen LogP contribution in [-0.2, 0) is 0 Å². The van der Waals surface area contributed by atoms with E-state index in [1.165, 1.54) is 25.3 Å². The number of aromatic hydroxyl groups is 1. The van der Waals surface area contributed by atoms with Gasteiger partial charge in [-0.25, -0.2) is 0 Å². The first-order valence-electron chi connectivity index (χ1n) is 4.39. The lowest BCUT2D eigenvalue weighted by Gasteiger charge is -2.18. The van der Waals surface area contributed by atoms with Gasteiger partial charge in [-0.3, -0.25) is 0 Å². The van der Waals surface area contributed by atoms with Crippen molar-refractivity contribution in [3.05, 3.63) is 23.8 Å². The number of hydrogen-bond acceptors (Lipinski definition) is 4. The molecule has 0 aliphatic carbocycles. The van der Waals surface area contributed by atoms with E-state index < -0.39 is 12.2 Å². The lowest BCUT2D eigenvalue weighted by molar-refractivity contribution is 0.0327. The van der Waals surface area contributed by atoms with Crippen molar-refractivity contribution in [3.8, 4) is 11.5 Å². The van der Waals surface area contributed by atoms with Gasteiger partial charge in [-0.2, -0.15) is 0 Å². The molecule has 0 spiro atoms. The Balaban J connectivity index is 3.02. The van der Waals surface area contributed by atoms with E-state index >= 15 is 0 Å². The van der Waals surface area contributed by atoms with Gasteiger partial charge in [0.05, 0.1) is 13.2 Å². The third-order valence-electron chi connectivity index (χ3n) is 2.06. The third-order valence-corrected chi connectivity index (χ3v) is 2.72. The van der Waals surface area contributed by atoms with Gasteiger partial charge in [0.1, 0.15) is 17.6 Å². The molecule has 1 aromatic rings. The Morgan fingerprint density at radius 2 is 2.07 bits per heavy atom. The van der Waals surface area contributed by atoms with Gasteiger partial charge in [-0.1, -0.05) is 15.9 Å². The second-order valence-corrected chi connectivity index (χ2v) is 3.74. The van der Waals surface area contributed by atoms with Gasteiger partial charge < -0.3 is 20.1 Å². The summed E-state index contributed by atoms with van der Waals surface area (Å²) in [7, 11) is 1.44. The molecule has 84 valence electrons. The minimum atomic E-state index is -1.04. The number of benzene rings is 1. The molecule has 0 aromatic heterocycles. The first-order chi connectivity index (χ1) is 7.10. The number of methoxy groups -OCH3 is 1. The molecule has 5 heteroatoms. The second-order valence-electron chi connectivity index (χ2n) is 3.09. The van der Waals surface area contributed by atoms with Gasteiger partial charge in [0, 0.05) is 17.0 Å². The molecule has 0 saturated carbocycles. The number of phenolic OH excluding ortho intramolecular Hbond substituents is 1. The highest BCUT2D eigenvalue weighted by Crippen LogP contribution is 2.30. The molecule has 0 aliphatic rings. The summed E-state index contributed by atoms with van der Waals surface area (Å²) in [4.78, 5) is 0. The molecular weight excluding hydrogens is 264 g/mol. The lowest BCUT2D eigenvalue weighted by atomic mass is 10.0. The zero-order valence-electron chi connectivity index (χ0n) is 8.22. The first-order valence-corrected chi connectivity index (χ1v) is 5.51. The molecule has 2 unspecified atom stereocenters. The van der Waals surface area contributed by atoms with Crippen molar-refractivity contribution in [3.63, 3.8) is 0 Å². The zero-order chi connectivity index (χ0) is 11.4. The molecule has 3 N–H and O–H groups in total. The fourth-order valence-corrected chi connectivity index (χ4v) is 1.59. The number of halogens is 1. The van der Waals surface area contributed by atoms with Crippen LogP contribution in [0, 0.1) is 0 Å². The fourth-order valence-electron chi connectivity index (χ4n) is 1.24. The summed E-state index contributed by atoms with van der Waals surface area (Å²) in [6.45, 7) is 0. The summed E-state index contributed by atoms with van der Waals surface area (Å²) in [5.74, 6) is 0.402. The van der Waals surface area contributed by atoms with E-state index in [1.54, 1.807) is 0 Å². The monoisotopic (exact) mass is 276 g/mol. The van der Waals surface area contributed by atoms with Crippen LogP contribution in [0.5, 0.6) is 11.5 Å². The largest absolute Gasteiger partial charge is 0.508 e. The Hall–Kier alpha value is -0.780. The van der Waals surface area contributed by atoms with Crippen LogP contribution in [-0.4, -0.2) is 33.9 Å². The molecule has 0 heterocycles. The van der Waals surface area contributed by atoms with Gasteiger partial charge >= 0.3 is 0 Å². The van der Waals surface area contributed by atoms with E-state index in [0.717, 1.165) is 0 Å². The van der Waals surface area contributed by atoms with Gasteiger partial charge in [-0.15, -0.1) is 0 Å². The number of aliphatic hydroxyl groups excluding tert-OH is 2. The van der Waals surface area contributed by atoms with Crippen molar-refractivity contribution < 1.29 is 20.1 Å². The summed E-state index contributed by atoms with van der Waals surface area (Å²) in [5.41, 5.74) is 0.447. The summed E-state index contributed by atoms with van der Waals surface area (Å²) >= 11 is 3.07. The number of rotatable bonds is 4. The van der Waals surface area contributed by atoms with E-state index in [9.17, 15) is 15.3 Å². The maximum absolute atomic E-state index is 9.75. The molecule has 0 saturated heterocycles. The highest BCUT2D eigenvalue weighted by Gasteiger charge is 2.20. The molecule has 1 aromatic carbocycles. The molecule has 4 nitrogen and oxygen atoms in total. The Morgan fingerprint density at radius 1 is 1.40 bits per heavy atom. The molecule has 0 fully saturated rings. The van der Waals surface area contributed by atoms with Crippen LogP contribution in [0.1, 0.15) is 11.7 Å². The van der Waals surface area contributed by atoms with Gasteiger partial charge in [0.2, 0.25) is 0 Å². The summed E-state index contributed by atoms with van der Waals surface area (Å²) in [6.07, 6.45) is -1.96. The third kappa shape index (κ3) is 2.84. The molecule has 0 radical (unpaired) electrons. The van der Waals surface area contributed by atoms with Crippen LogP contribution >= 0.6 is 15.9 Å². The van der Waals surface area contributed by atoms with E-state index in [4.69, 9.17) is 4.74 Å². The topological polar surface area (TPSA) is 69.9 Å². The minimum Gasteiger partial charge on any atom is -0.508 e. The average Bonchev–Trinajstić information content (AvgIpc) is 2.26. The normalized spacial score (nSPS) is 14.7. The van der Waals surface area contributed by atoms with Crippen LogP contribution in [0.3, 0.4) is 0 Å². The predicted octanol–water partition coefficient (Wildman–Crippen LogP) is 1.19. The molecule has 0 aliphatic heterocycles. The number of aliphatic hydroxyl groups is 2. The highest BCUT2D eigenvalue weighted by molar-refractivity contribution is 9.09. The summed E-state index contributed by atoms with van der Waals surface area (Å²) < 4.78 is 5.00. The van der Waals surface area contributed by atoms with Crippen molar-refractivity contribution >= 4 is 15.9 Å². The lowest BCUT2D eigenvalue weighted by Crippen LogP contribution is -2.20. The van der Waals surface area contributed by atoms with Crippen LogP contribution in [0.15, 0.2) is 18.2 Å². The number of phenols is 1. The van der Waals surface area contributed by atoms with Gasteiger partial charge in [0.15, 0.2) is 0 Å². The highest BCUT2D eigenvalue weighted by atomic mass is 79.9. The van der Waals surface area contributed by atoms with Crippen molar-refractivity contribution in [1.82, 2.24) is 0 Å². The standard InChI is InChI=1S/C10H13BrO4/c1-15-9-4-6(12)2-3-7(9)10(14)8(13)5-11/h2-4,8,10,12-14H,5H2,1H3. The quantitative estimate of drug-likeness (QED) is 0.723. The van der Waals surface area contributed by atoms with Crippen LogP contribution in [0.2, 0.25) is 0 Å². The van der Waals surface area contributed by atoms with Crippen molar-refractivity contribution in [1.29, 1.82) is 0 Å². The number of alkyl halides is 1. The van der Waals surface area contributed by atoms with Gasteiger partial charge in [0.25, 0.3) is 0 Å². The average molecular weight is 277 g/mol. The molecule has 15 heavy (non-hydrogen) atoms. The molecule has 0 bridgehead atoms. The van der Waals surface area contributed by atoms with Crippen LogP contribution < -0.4 is 4.74 Å². The number of hydrogen-bond donors (Lipinski definition) is 3. The smallest absolute Gasteiger partial charge is 0.128 e. The van der Waals surface area contributed by atoms with E-state index in [1.807, 2.05) is 0 Å². The zero-order valence-corrected chi connectivity index (χ0v) is 9.81. The summed E-state index contributed by atoms with van der Waals surface area (Å²) in [5, 5.41) is 28.7. The number of ether oxygens (including phenoxy) is 1. The molecule has 0 amide bonds. The molecular formula is C10H13BrO4. The maximum Gasteiger partial charge on any atom is 0.128 e. The Morgan fingerprint density at radius 3 is 2.60 bits per heavy atom. The Labute approximate surface area is 96.3 Å². The van der Waals surface area contributed by atoms with Gasteiger partial charge in [-0.05, 0) is 12.1 Å². The fraction of sp³-hybridized carbons (Fsp3) is 0.400. The van der Waals surface area contributed by atoms with E-state index in [2.05, 4.69) is 15.9 Å². The molecule has 2 atom stereocenters. The van der Waals surface area contributed by atoms with Crippen molar-refractivity contribution in [2.75, 3.05) is 12.4 Å². The summed E-state index contributed by atoms with van der Waals surface area (Å²) in [6, 6.07) is 4.34.